The Hall–Kier alpha value is -2.31. The molecule has 92 valence electrons. The average Bonchev–Trinajstić information content (AvgIpc) is 2.27. The van der Waals surface area contributed by atoms with Crippen molar-refractivity contribution in [1.29, 1.82) is 0 Å². The summed E-state index contributed by atoms with van der Waals surface area (Å²) in [7, 11) is 0. The SMILES string of the molecule is CC(NC(=O)Nc1cccc(F)c1)/C(N)=N/O. The Kier molecular flexibility index (Phi) is 4.27. The third-order valence-electron chi connectivity index (χ3n) is 1.99. The van der Waals surface area contributed by atoms with E-state index < -0.39 is 17.9 Å². The van der Waals surface area contributed by atoms with Crippen molar-refractivity contribution in [3.05, 3.63) is 30.1 Å². The molecule has 1 aromatic rings. The maximum atomic E-state index is 12.8. The fourth-order valence-electron chi connectivity index (χ4n) is 1.09. The Morgan fingerprint density at radius 2 is 2.29 bits per heavy atom. The normalized spacial score (nSPS) is 12.9. The van der Waals surface area contributed by atoms with Crippen molar-refractivity contribution in [2.45, 2.75) is 13.0 Å². The molecule has 2 amide bonds. The van der Waals surface area contributed by atoms with Crippen LogP contribution in [0.3, 0.4) is 0 Å². The van der Waals surface area contributed by atoms with E-state index in [1.807, 2.05) is 0 Å². The number of nitrogens with two attached hydrogens (primary N) is 1. The molecular weight excluding hydrogens is 227 g/mol. The first-order valence-electron chi connectivity index (χ1n) is 4.83. The van der Waals surface area contributed by atoms with Crippen molar-refractivity contribution in [1.82, 2.24) is 5.32 Å². The van der Waals surface area contributed by atoms with Gasteiger partial charge in [-0.25, -0.2) is 9.18 Å². The van der Waals surface area contributed by atoms with Gasteiger partial charge in [0.15, 0.2) is 5.84 Å². The molecule has 0 aliphatic heterocycles. The van der Waals surface area contributed by atoms with E-state index >= 15 is 0 Å². The van der Waals surface area contributed by atoms with Crippen molar-refractivity contribution in [3.8, 4) is 0 Å². The second-order valence-electron chi connectivity index (χ2n) is 3.36. The fraction of sp³-hybridized carbons (Fsp3) is 0.200. The van der Waals surface area contributed by atoms with Crippen LogP contribution in [0.15, 0.2) is 29.4 Å². The van der Waals surface area contributed by atoms with Crippen LogP contribution in [0.4, 0.5) is 14.9 Å². The third kappa shape index (κ3) is 3.98. The predicted octanol–water partition coefficient (Wildman–Crippen LogP) is 1.08. The number of benzene rings is 1. The quantitative estimate of drug-likeness (QED) is 0.275. The molecule has 7 heteroatoms. The zero-order valence-electron chi connectivity index (χ0n) is 9.14. The van der Waals surface area contributed by atoms with Crippen LogP contribution >= 0.6 is 0 Å². The number of nitrogens with one attached hydrogen (secondary N) is 2. The van der Waals surface area contributed by atoms with Gasteiger partial charge in [-0.15, -0.1) is 0 Å². The Morgan fingerprint density at radius 1 is 1.59 bits per heavy atom. The highest BCUT2D eigenvalue weighted by Gasteiger charge is 2.11. The molecule has 0 fully saturated rings. The lowest BCUT2D eigenvalue weighted by Crippen LogP contribution is -2.44. The standard InChI is InChI=1S/C10H13FN4O2/c1-6(9(12)15-17)13-10(16)14-8-4-2-3-7(11)5-8/h2-6,17H,1H3,(H2,12,15)(H2,13,14,16). The molecule has 0 radical (unpaired) electrons. The Bertz CT molecular complexity index is 436. The molecule has 0 bridgehead atoms. The van der Waals surface area contributed by atoms with E-state index in [9.17, 15) is 9.18 Å². The molecule has 0 heterocycles. The van der Waals surface area contributed by atoms with Gasteiger partial charge in [0.05, 0.1) is 6.04 Å². The highest BCUT2D eigenvalue weighted by Crippen LogP contribution is 2.08. The largest absolute Gasteiger partial charge is 0.409 e. The minimum atomic E-state index is -0.631. The van der Waals surface area contributed by atoms with Gasteiger partial charge in [0.25, 0.3) is 0 Å². The molecular formula is C10H13FN4O2. The van der Waals surface area contributed by atoms with Crippen LogP contribution in [0.5, 0.6) is 0 Å². The molecule has 6 nitrogen and oxygen atoms in total. The van der Waals surface area contributed by atoms with Gasteiger partial charge in [0.2, 0.25) is 0 Å². The number of amides is 2. The topological polar surface area (TPSA) is 99.7 Å². The Labute approximate surface area is 97.3 Å². The number of halogens is 1. The molecule has 0 saturated heterocycles. The highest BCUT2D eigenvalue weighted by atomic mass is 19.1. The zero-order chi connectivity index (χ0) is 12.8. The highest BCUT2D eigenvalue weighted by molar-refractivity contribution is 5.94. The van der Waals surface area contributed by atoms with Crippen LogP contribution < -0.4 is 16.4 Å². The van der Waals surface area contributed by atoms with Gasteiger partial charge < -0.3 is 21.6 Å². The first-order valence-corrected chi connectivity index (χ1v) is 4.83. The molecule has 17 heavy (non-hydrogen) atoms. The molecule has 1 atom stereocenters. The number of amidine groups is 1. The van der Waals surface area contributed by atoms with E-state index in [0.29, 0.717) is 5.69 Å². The third-order valence-corrected chi connectivity index (χ3v) is 1.99. The number of nitrogens with zero attached hydrogens (tertiary/aromatic N) is 1. The van der Waals surface area contributed by atoms with E-state index in [2.05, 4.69) is 15.8 Å². The summed E-state index contributed by atoms with van der Waals surface area (Å²) in [5.74, 6) is -0.577. The van der Waals surface area contributed by atoms with Crippen molar-refractivity contribution in [3.63, 3.8) is 0 Å². The fourth-order valence-corrected chi connectivity index (χ4v) is 1.09. The Balaban J connectivity index is 2.56. The van der Waals surface area contributed by atoms with Crippen molar-refractivity contribution >= 4 is 17.6 Å². The van der Waals surface area contributed by atoms with Gasteiger partial charge in [0, 0.05) is 5.69 Å². The molecule has 0 saturated carbocycles. The smallest absolute Gasteiger partial charge is 0.319 e. The van der Waals surface area contributed by atoms with E-state index in [4.69, 9.17) is 10.9 Å². The van der Waals surface area contributed by atoms with Crippen molar-refractivity contribution in [2.24, 2.45) is 10.9 Å². The van der Waals surface area contributed by atoms with Crippen LogP contribution in [0.1, 0.15) is 6.92 Å². The average molecular weight is 240 g/mol. The number of oxime groups is 1. The summed E-state index contributed by atoms with van der Waals surface area (Å²) in [5, 5.41) is 16.0. The van der Waals surface area contributed by atoms with E-state index in [-0.39, 0.29) is 5.84 Å². The maximum absolute atomic E-state index is 12.8. The van der Waals surface area contributed by atoms with Gasteiger partial charge in [-0.2, -0.15) is 0 Å². The second kappa shape index (κ2) is 5.69. The summed E-state index contributed by atoms with van der Waals surface area (Å²) >= 11 is 0. The molecule has 0 aliphatic carbocycles. The number of urea groups is 1. The molecule has 0 aliphatic rings. The number of carbonyl (C=O) groups excluding carboxylic acids is 1. The van der Waals surface area contributed by atoms with Gasteiger partial charge in [-0.3, -0.25) is 0 Å². The Morgan fingerprint density at radius 3 is 2.88 bits per heavy atom. The monoisotopic (exact) mass is 240 g/mol. The minimum Gasteiger partial charge on any atom is -0.409 e. The van der Waals surface area contributed by atoms with Gasteiger partial charge in [-0.1, -0.05) is 11.2 Å². The predicted molar refractivity (Wildman–Crippen MR) is 61.4 cm³/mol. The molecule has 1 rings (SSSR count). The van der Waals surface area contributed by atoms with E-state index in [1.165, 1.54) is 24.3 Å². The van der Waals surface area contributed by atoms with Gasteiger partial charge in [0.1, 0.15) is 5.82 Å². The van der Waals surface area contributed by atoms with Crippen LogP contribution in [-0.2, 0) is 0 Å². The second-order valence-corrected chi connectivity index (χ2v) is 3.36. The van der Waals surface area contributed by atoms with Gasteiger partial charge >= 0.3 is 6.03 Å². The number of anilines is 1. The van der Waals surface area contributed by atoms with E-state index in [0.717, 1.165) is 0 Å². The summed E-state index contributed by atoms with van der Waals surface area (Å²) in [6, 6.07) is 4.24. The lowest BCUT2D eigenvalue weighted by Gasteiger charge is -2.13. The van der Waals surface area contributed by atoms with Crippen molar-refractivity contribution < 1.29 is 14.4 Å². The molecule has 1 aromatic carbocycles. The number of hydrogen-bond acceptors (Lipinski definition) is 3. The first kappa shape index (κ1) is 12.8. The number of rotatable bonds is 3. The van der Waals surface area contributed by atoms with E-state index in [1.54, 1.807) is 6.92 Å². The van der Waals surface area contributed by atoms with Crippen LogP contribution in [0.2, 0.25) is 0 Å². The van der Waals surface area contributed by atoms with Crippen molar-refractivity contribution in [2.75, 3.05) is 5.32 Å². The zero-order valence-corrected chi connectivity index (χ0v) is 9.14. The molecule has 0 aromatic heterocycles. The number of hydrogen-bond donors (Lipinski definition) is 4. The summed E-state index contributed by atoms with van der Waals surface area (Å²) in [6.45, 7) is 1.54. The minimum absolute atomic E-state index is 0.126. The summed E-state index contributed by atoms with van der Waals surface area (Å²) in [4.78, 5) is 11.4. The van der Waals surface area contributed by atoms with Crippen LogP contribution in [0.25, 0.3) is 0 Å². The summed E-state index contributed by atoms with van der Waals surface area (Å²) in [6.07, 6.45) is 0. The number of carbonyl (C=O) groups is 1. The lowest BCUT2D eigenvalue weighted by atomic mass is 10.3. The maximum Gasteiger partial charge on any atom is 0.319 e. The lowest BCUT2D eigenvalue weighted by molar-refractivity contribution is 0.251. The molecule has 1 unspecified atom stereocenters. The molecule has 5 N–H and O–H groups in total. The van der Waals surface area contributed by atoms with Gasteiger partial charge in [-0.05, 0) is 25.1 Å². The van der Waals surface area contributed by atoms with Crippen LogP contribution in [-0.4, -0.2) is 23.1 Å². The van der Waals surface area contributed by atoms with Crippen LogP contribution in [0, 0.1) is 5.82 Å². The first-order chi connectivity index (χ1) is 8.02. The summed E-state index contributed by atoms with van der Waals surface area (Å²) < 4.78 is 12.8. The summed E-state index contributed by atoms with van der Waals surface area (Å²) in [5.41, 5.74) is 5.59. The molecule has 0 spiro atoms.